The predicted molar refractivity (Wildman–Crippen MR) is 27.3 cm³/mol. The van der Waals surface area contributed by atoms with E-state index < -0.39 is 31.7 Å². The van der Waals surface area contributed by atoms with Crippen molar-refractivity contribution in [3.05, 3.63) is 0 Å². The van der Waals surface area contributed by atoms with E-state index in [1.165, 1.54) is 0 Å². The predicted octanol–water partition coefficient (Wildman–Crippen LogP) is -1.04. The second kappa shape index (κ2) is 3.71. The molecule has 2 unspecified atom stereocenters. The fraction of sp³-hybridized carbons (Fsp3) is 0. The maximum atomic E-state index is 9.60. The van der Waals surface area contributed by atoms with Crippen molar-refractivity contribution in [3.8, 4) is 0 Å². The first-order valence-corrected chi connectivity index (χ1v) is 7.29. The van der Waals surface area contributed by atoms with Gasteiger partial charge in [0, 0.05) is 0 Å². The monoisotopic (exact) mass is 210 g/mol. The molecule has 0 amide bonds. The molecule has 0 fully saturated rings. The second-order valence-electron chi connectivity index (χ2n) is 0.502. The Hall–Kier alpha value is 0.739. The molecule has 0 aromatic rings. The second-order valence-corrected chi connectivity index (χ2v) is 8.07. The summed E-state index contributed by atoms with van der Waals surface area (Å²) in [7, 11) is -4.17. The summed E-state index contributed by atoms with van der Waals surface area (Å²) in [5, 5.41) is 0. The molecule has 0 aromatic heterocycles. The van der Waals surface area contributed by atoms with Crippen LogP contribution in [0.3, 0.4) is 0 Å². The first kappa shape index (κ1) is 7.74. The van der Waals surface area contributed by atoms with Gasteiger partial charge in [0.15, 0.2) is 0 Å². The number of hydrogen-bond donors (Lipinski definition) is 2. The van der Waals surface area contributed by atoms with Crippen LogP contribution in [0.2, 0.25) is 0 Å². The molecule has 0 bridgehead atoms. The summed E-state index contributed by atoms with van der Waals surface area (Å²) < 4.78 is 34.9. The van der Waals surface area contributed by atoms with Gasteiger partial charge in [0.05, 0.1) is 0 Å². The van der Waals surface area contributed by atoms with E-state index in [4.69, 9.17) is 9.11 Å². The van der Waals surface area contributed by atoms with Crippen LogP contribution in [0.25, 0.3) is 0 Å². The van der Waals surface area contributed by atoms with Gasteiger partial charge in [-0.25, -0.2) is 0 Å². The molecule has 0 aliphatic carbocycles. The third-order valence-electron chi connectivity index (χ3n) is 0.116. The Morgan fingerprint density at radius 3 is 1.43 bits per heavy atom. The molecule has 0 aliphatic heterocycles. The van der Waals surface area contributed by atoms with Gasteiger partial charge in [-0.1, -0.05) is 0 Å². The van der Waals surface area contributed by atoms with Crippen molar-refractivity contribution >= 4 is 31.7 Å². The Balaban J connectivity index is 3.32. The van der Waals surface area contributed by atoms with Crippen molar-refractivity contribution in [3.63, 3.8) is 0 Å². The van der Waals surface area contributed by atoms with Gasteiger partial charge in [-0.05, 0) is 0 Å². The number of rotatable bonds is 2. The van der Waals surface area contributed by atoms with E-state index >= 15 is 0 Å². The SMILES string of the molecule is O=S(O)[Se]S(=O)O. The third kappa shape index (κ3) is 6.74. The average Bonchev–Trinajstić information content (AvgIpc) is 1.27. The maximum absolute atomic E-state index is 9.60. The molecule has 2 atom stereocenters. The van der Waals surface area contributed by atoms with Gasteiger partial charge >= 0.3 is 49.2 Å². The van der Waals surface area contributed by atoms with Crippen molar-refractivity contribution in [2.24, 2.45) is 0 Å². The van der Waals surface area contributed by atoms with Crippen molar-refractivity contribution in [1.29, 1.82) is 0 Å². The molecule has 0 aliphatic rings. The van der Waals surface area contributed by atoms with Gasteiger partial charge in [-0.2, -0.15) is 0 Å². The van der Waals surface area contributed by atoms with E-state index in [0.717, 1.165) is 0 Å². The molecular formula is H2O4S2Se. The van der Waals surface area contributed by atoms with Crippen LogP contribution in [0.5, 0.6) is 0 Å². The molecule has 0 spiro atoms. The molecule has 0 aromatic carbocycles. The van der Waals surface area contributed by atoms with Crippen molar-refractivity contribution in [2.75, 3.05) is 0 Å². The average molecular weight is 209 g/mol. The summed E-state index contributed by atoms with van der Waals surface area (Å²) in [6.07, 6.45) is 0. The summed E-state index contributed by atoms with van der Waals surface area (Å²) in [4.78, 5) is 0. The van der Waals surface area contributed by atoms with Crippen LogP contribution in [-0.2, 0) is 19.0 Å². The van der Waals surface area contributed by atoms with E-state index in [0.29, 0.717) is 0 Å². The van der Waals surface area contributed by atoms with E-state index in [1.807, 2.05) is 0 Å². The first-order chi connectivity index (χ1) is 3.13. The van der Waals surface area contributed by atoms with E-state index in [-0.39, 0.29) is 0 Å². The molecule has 0 saturated carbocycles. The van der Waals surface area contributed by atoms with Crippen LogP contribution in [0, 0.1) is 0 Å². The van der Waals surface area contributed by atoms with Crippen LogP contribution in [-0.4, -0.2) is 30.2 Å². The van der Waals surface area contributed by atoms with E-state index in [9.17, 15) is 8.42 Å². The Labute approximate surface area is 49.5 Å². The Morgan fingerprint density at radius 1 is 1.14 bits per heavy atom. The zero-order chi connectivity index (χ0) is 5.86. The zero-order valence-electron chi connectivity index (χ0n) is 2.94. The van der Waals surface area contributed by atoms with Gasteiger partial charge in [0.2, 0.25) is 0 Å². The Morgan fingerprint density at radius 2 is 1.43 bits per heavy atom. The zero-order valence-corrected chi connectivity index (χ0v) is 6.28. The van der Waals surface area contributed by atoms with Crippen LogP contribution < -0.4 is 0 Å². The van der Waals surface area contributed by atoms with Gasteiger partial charge in [-0.15, -0.1) is 0 Å². The topological polar surface area (TPSA) is 74.6 Å². The standard InChI is InChI=1S/H2O4S2Se/c1-5(2)7-6(3)4/h(H,1,2)(H,3,4). The van der Waals surface area contributed by atoms with Crippen molar-refractivity contribution < 1.29 is 17.5 Å². The minimum absolute atomic E-state index is 1.07. The molecule has 7 heavy (non-hydrogen) atoms. The van der Waals surface area contributed by atoms with E-state index in [2.05, 4.69) is 0 Å². The molecule has 2 N–H and O–H groups in total. The van der Waals surface area contributed by atoms with Gasteiger partial charge < -0.3 is 0 Å². The van der Waals surface area contributed by atoms with Crippen molar-refractivity contribution in [2.45, 2.75) is 0 Å². The molecule has 0 radical (unpaired) electrons. The summed E-state index contributed by atoms with van der Waals surface area (Å²) in [5.74, 6) is 0. The number of hydrogen-bond acceptors (Lipinski definition) is 2. The van der Waals surface area contributed by atoms with Gasteiger partial charge in [0.25, 0.3) is 0 Å². The van der Waals surface area contributed by atoms with Gasteiger partial charge in [-0.3, -0.25) is 0 Å². The Kier molecular flexibility index (Phi) is 4.10. The summed E-state index contributed by atoms with van der Waals surface area (Å²) in [5.41, 5.74) is 0. The van der Waals surface area contributed by atoms with Crippen LogP contribution >= 0.6 is 0 Å². The van der Waals surface area contributed by atoms with Gasteiger partial charge in [0.1, 0.15) is 0 Å². The Bertz CT molecular complexity index is 85.9. The van der Waals surface area contributed by atoms with Crippen LogP contribution in [0.15, 0.2) is 0 Å². The molecular weight excluding hydrogens is 207 g/mol. The normalized spacial score (nSPS) is 18.6. The third-order valence-corrected chi connectivity index (χ3v) is 5.44. The molecule has 0 saturated heterocycles. The fourth-order valence-corrected chi connectivity index (χ4v) is 2.33. The first-order valence-electron chi connectivity index (χ1n) is 1.03. The molecule has 0 rings (SSSR count). The quantitative estimate of drug-likeness (QED) is 0.450. The summed E-state index contributed by atoms with van der Waals surface area (Å²) >= 11 is -1.07. The fourth-order valence-electron chi connectivity index (χ4n) is 0.0498. The summed E-state index contributed by atoms with van der Waals surface area (Å²) in [6, 6.07) is 0. The van der Waals surface area contributed by atoms with Crippen LogP contribution in [0.4, 0.5) is 0 Å². The molecule has 44 valence electrons. The minimum atomic E-state index is -2.08. The van der Waals surface area contributed by atoms with Crippen molar-refractivity contribution in [1.82, 2.24) is 0 Å². The van der Waals surface area contributed by atoms with Crippen LogP contribution in [0.1, 0.15) is 0 Å². The van der Waals surface area contributed by atoms with E-state index in [1.54, 1.807) is 0 Å². The molecule has 0 heterocycles. The molecule has 7 heteroatoms. The summed E-state index contributed by atoms with van der Waals surface area (Å²) in [6.45, 7) is 0. The molecule has 4 nitrogen and oxygen atoms in total.